The Morgan fingerprint density at radius 3 is 2.35 bits per heavy atom. The van der Waals surface area contributed by atoms with Crippen LogP contribution in [-0.2, 0) is 0 Å². The third-order valence-electron chi connectivity index (χ3n) is 1.98. The normalized spacial score (nSPS) is 8.00. The summed E-state index contributed by atoms with van der Waals surface area (Å²) in [4.78, 5) is 9.96. The molecule has 0 bridgehead atoms. The van der Waals surface area contributed by atoms with Crippen LogP contribution in [0.3, 0.4) is 0 Å². The molecule has 8 heteroatoms. The van der Waals surface area contributed by atoms with Crippen molar-refractivity contribution in [3.63, 3.8) is 0 Å². The number of imidazole rings is 2. The van der Waals surface area contributed by atoms with Crippen molar-refractivity contribution in [2.75, 3.05) is 0 Å². The van der Waals surface area contributed by atoms with Gasteiger partial charge in [0.05, 0.1) is 0 Å². The quantitative estimate of drug-likeness (QED) is 0.808. The summed E-state index contributed by atoms with van der Waals surface area (Å²) in [5.74, 6) is 0.565. The van der Waals surface area contributed by atoms with Crippen LogP contribution in [0.4, 0.5) is 0 Å². The van der Waals surface area contributed by atoms with E-state index in [0.29, 0.717) is 5.82 Å². The second-order valence-electron chi connectivity index (χ2n) is 3.11. The van der Waals surface area contributed by atoms with Gasteiger partial charge in [-0.25, -0.2) is 14.5 Å². The topological polar surface area (TPSA) is 142 Å². The van der Waals surface area contributed by atoms with E-state index in [1.54, 1.807) is 18.3 Å². The predicted molar refractivity (Wildman–Crippen MR) is 66.1 cm³/mol. The Morgan fingerprint density at radius 1 is 1.20 bits per heavy atom. The number of H-pyrrole nitrogens is 1. The lowest BCUT2D eigenvalue weighted by atomic mass is 10.4. The third kappa shape index (κ3) is 3.07. The zero-order valence-electron chi connectivity index (χ0n) is 10.1. The maximum atomic E-state index is 8.45. The Hall–Kier alpha value is -3.88. The van der Waals surface area contributed by atoms with E-state index in [-0.39, 0.29) is 17.2 Å². The van der Waals surface area contributed by atoms with Gasteiger partial charge in [0.15, 0.2) is 17.6 Å². The van der Waals surface area contributed by atoms with Gasteiger partial charge in [0.2, 0.25) is 5.82 Å². The first-order valence-corrected chi connectivity index (χ1v) is 5.06. The van der Waals surface area contributed by atoms with Crippen molar-refractivity contribution in [2.45, 2.75) is 0 Å². The lowest BCUT2D eigenvalue weighted by Crippen LogP contribution is -1.89. The van der Waals surface area contributed by atoms with E-state index in [0.717, 1.165) is 4.57 Å². The first kappa shape index (κ1) is 14.2. The second-order valence-corrected chi connectivity index (χ2v) is 3.11. The summed E-state index contributed by atoms with van der Waals surface area (Å²) in [7, 11) is 0. The van der Waals surface area contributed by atoms with Crippen molar-refractivity contribution in [1.82, 2.24) is 19.5 Å². The molecule has 0 amide bonds. The van der Waals surface area contributed by atoms with Crippen molar-refractivity contribution in [3.8, 4) is 24.4 Å². The van der Waals surface area contributed by atoms with E-state index in [2.05, 4.69) is 21.5 Å². The fourth-order valence-electron chi connectivity index (χ4n) is 1.12. The largest absolute Gasteiger partial charge is 0.329 e. The highest BCUT2D eigenvalue weighted by Gasteiger charge is 2.05. The lowest BCUT2D eigenvalue weighted by molar-refractivity contribution is 1.04. The molecular formula is C12H6N8. The minimum Gasteiger partial charge on any atom is -0.329 e. The standard InChI is InChI=1S/C7H4N4.C5H2N4/c1-2-7-10-5(3-8)6(4-9)11-7;6-3-5-8-1-2-9(5)4-7/h2H,1H2,(H,10,11);1-2H. The molecule has 0 radical (unpaired) electrons. The summed E-state index contributed by atoms with van der Waals surface area (Å²) in [5, 5.41) is 33.4. The average molecular weight is 262 g/mol. The number of aromatic nitrogens is 4. The number of hydrogen-bond acceptors (Lipinski definition) is 6. The molecular weight excluding hydrogens is 256 g/mol. The smallest absolute Gasteiger partial charge is 0.226 e. The zero-order valence-corrected chi connectivity index (χ0v) is 10.1. The molecule has 0 saturated carbocycles. The molecule has 20 heavy (non-hydrogen) atoms. The minimum atomic E-state index is 0.113. The van der Waals surface area contributed by atoms with E-state index >= 15 is 0 Å². The maximum Gasteiger partial charge on any atom is 0.226 e. The van der Waals surface area contributed by atoms with E-state index in [1.807, 2.05) is 6.07 Å². The van der Waals surface area contributed by atoms with Gasteiger partial charge in [0, 0.05) is 12.4 Å². The molecule has 2 heterocycles. The van der Waals surface area contributed by atoms with Crippen LogP contribution >= 0.6 is 0 Å². The Labute approximate surface area is 114 Å². The van der Waals surface area contributed by atoms with Gasteiger partial charge in [-0.05, 0) is 6.08 Å². The number of nitrogens with zero attached hydrogens (tertiary/aromatic N) is 7. The van der Waals surface area contributed by atoms with Gasteiger partial charge in [-0.2, -0.15) is 21.0 Å². The van der Waals surface area contributed by atoms with E-state index in [1.165, 1.54) is 18.5 Å². The summed E-state index contributed by atoms with van der Waals surface area (Å²) in [6.07, 6.45) is 6.04. The van der Waals surface area contributed by atoms with Crippen molar-refractivity contribution < 1.29 is 0 Å². The number of rotatable bonds is 1. The molecule has 0 fully saturated rings. The van der Waals surface area contributed by atoms with E-state index < -0.39 is 0 Å². The van der Waals surface area contributed by atoms with Crippen LogP contribution in [0, 0.1) is 45.4 Å². The molecule has 1 N–H and O–H groups in total. The fourth-order valence-corrected chi connectivity index (χ4v) is 1.12. The monoisotopic (exact) mass is 262 g/mol. The number of hydrogen-bond donors (Lipinski definition) is 1. The predicted octanol–water partition coefficient (Wildman–Crippen LogP) is 0.880. The maximum absolute atomic E-state index is 8.45. The van der Waals surface area contributed by atoms with Gasteiger partial charge in [-0.15, -0.1) is 0 Å². The van der Waals surface area contributed by atoms with Crippen LogP contribution in [0.25, 0.3) is 6.08 Å². The van der Waals surface area contributed by atoms with E-state index in [9.17, 15) is 0 Å². The highest BCUT2D eigenvalue weighted by Crippen LogP contribution is 2.03. The third-order valence-corrected chi connectivity index (χ3v) is 1.98. The van der Waals surface area contributed by atoms with Gasteiger partial charge in [-0.3, -0.25) is 0 Å². The molecule has 2 aromatic heterocycles. The van der Waals surface area contributed by atoms with Crippen LogP contribution in [0.5, 0.6) is 0 Å². The van der Waals surface area contributed by atoms with Crippen LogP contribution in [0.2, 0.25) is 0 Å². The molecule has 0 aliphatic carbocycles. The lowest BCUT2D eigenvalue weighted by Gasteiger charge is -1.80. The van der Waals surface area contributed by atoms with Gasteiger partial charge < -0.3 is 4.98 Å². The van der Waals surface area contributed by atoms with Gasteiger partial charge in [0.25, 0.3) is 0 Å². The van der Waals surface area contributed by atoms with Crippen molar-refractivity contribution in [3.05, 3.63) is 42.0 Å². The fraction of sp³-hybridized carbons (Fsp3) is 0. The molecule has 0 aliphatic heterocycles. The Kier molecular flexibility index (Phi) is 4.79. The minimum absolute atomic E-state index is 0.113. The van der Waals surface area contributed by atoms with Gasteiger partial charge in [0.1, 0.15) is 24.0 Å². The summed E-state index contributed by atoms with van der Waals surface area (Å²) in [5.41, 5.74) is 0.296. The molecule has 8 nitrogen and oxygen atoms in total. The Bertz CT molecular complexity index is 721. The molecule has 0 spiro atoms. The second kappa shape index (κ2) is 6.76. The van der Waals surface area contributed by atoms with Crippen molar-refractivity contribution >= 4 is 6.08 Å². The number of nitrogens with one attached hydrogen (secondary N) is 1. The van der Waals surface area contributed by atoms with Gasteiger partial charge in [-0.1, -0.05) is 6.58 Å². The van der Waals surface area contributed by atoms with Gasteiger partial charge >= 0.3 is 0 Å². The molecule has 94 valence electrons. The summed E-state index contributed by atoms with van der Waals surface area (Å²) in [6, 6.07) is 5.36. The van der Waals surface area contributed by atoms with Crippen LogP contribution in [0.15, 0.2) is 19.0 Å². The highest BCUT2D eigenvalue weighted by atomic mass is 15.0. The van der Waals surface area contributed by atoms with Crippen LogP contribution < -0.4 is 0 Å². The van der Waals surface area contributed by atoms with Crippen molar-refractivity contribution in [1.29, 1.82) is 21.0 Å². The van der Waals surface area contributed by atoms with Crippen molar-refractivity contribution in [2.24, 2.45) is 0 Å². The summed E-state index contributed by atoms with van der Waals surface area (Å²) >= 11 is 0. The molecule has 2 aromatic rings. The first-order valence-electron chi connectivity index (χ1n) is 5.06. The summed E-state index contributed by atoms with van der Waals surface area (Å²) in [6.45, 7) is 3.44. The number of nitriles is 4. The molecule has 0 atom stereocenters. The molecule has 0 saturated heterocycles. The zero-order chi connectivity index (χ0) is 15.0. The molecule has 0 aliphatic rings. The average Bonchev–Trinajstić information content (AvgIpc) is 3.12. The SMILES string of the molecule is C=Cc1nc(C#N)c(C#N)[nH]1.N#Cc1nccn1C#N. The molecule has 2 rings (SSSR count). The first-order chi connectivity index (χ1) is 9.69. The summed E-state index contributed by atoms with van der Waals surface area (Å²) < 4.78 is 1.10. The Morgan fingerprint density at radius 2 is 1.95 bits per heavy atom. The molecule has 0 aromatic carbocycles. The van der Waals surface area contributed by atoms with Crippen LogP contribution in [0.1, 0.15) is 23.0 Å². The highest BCUT2D eigenvalue weighted by molar-refractivity contribution is 5.45. The Balaban J connectivity index is 0.000000204. The van der Waals surface area contributed by atoms with E-state index in [4.69, 9.17) is 21.0 Å². The molecule has 0 unspecified atom stereocenters. The van der Waals surface area contributed by atoms with Crippen LogP contribution in [-0.4, -0.2) is 19.5 Å². The number of aromatic amines is 1.